The molecule has 2 aromatic carbocycles. The molecule has 0 bridgehead atoms. The molecule has 0 saturated carbocycles. The second-order valence-electron chi connectivity index (χ2n) is 5.99. The van der Waals surface area contributed by atoms with Crippen molar-refractivity contribution in [1.29, 1.82) is 0 Å². The van der Waals surface area contributed by atoms with Gasteiger partial charge in [-0.3, -0.25) is 9.52 Å². The van der Waals surface area contributed by atoms with E-state index in [2.05, 4.69) is 4.72 Å². The van der Waals surface area contributed by atoms with Gasteiger partial charge in [0.2, 0.25) is 0 Å². The number of carbonyl (C=O) groups is 1. The molecule has 0 aromatic heterocycles. The van der Waals surface area contributed by atoms with Crippen LogP contribution in [0.5, 0.6) is 0 Å². The minimum Gasteiger partial charge on any atom is -0.339 e. The lowest BCUT2D eigenvalue weighted by atomic mass is 10.1. The Morgan fingerprint density at radius 3 is 2.32 bits per heavy atom. The first kappa shape index (κ1) is 17.4. The summed E-state index contributed by atoms with van der Waals surface area (Å²) in [5, 5.41) is 0. The number of nitrogens with one attached hydrogen (secondary N) is 1. The van der Waals surface area contributed by atoms with Gasteiger partial charge in [0.15, 0.2) is 0 Å². The standard InChI is InChI=1S/C18H19FN2O3S/c19-15-5-4-6-16(13-15)20-25(23,24)17-9-7-14(8-10-17)18(22)21-11-2-1-3-12-21/h4-10,13,20H,1-3,11-12H2. The van der Waals surface area contributed by atoms with E-state index in [1.165, 1.54) is 42.5 Å². The summed E-state index contributed by atoms with van der Waals surface area (Å²) in [5.41, 5.74) is 0.611. The maximum absolute atomic E-state index is 13.2. The van der Waals surface area contributed by atoms with Gasteiger partial charge in [0.05, 0.1) is 10.6 Å². The number of hydrogen-bond donors (Lipinski definition) is 1. The number of hydrogen-bond acceptors (Lipinski definition) is 3. The Morgan fingerprint density at radius 1 is 1.00 bits per heavy atom. The molecule has 7 heteroatoms. The normalized spacial score (nSPS) is 15.0. The first-order valence-electron chi connectivity index (χ1n) is 8.13. The van der Waals surface area contributed by atoms with Crippen LogP contribution in [0.2, 0.25) is 0 Å². The highest BCUT2D eigenvalue weighted by atomic mass is 32.2. The molecule has 1 aliphatic rings. The number of likely N-dealkylation sites (tertiary alicyclic amines) is 1. The second kappa shape index (κ2) is 7.23. The Kier molecular flexibility index (Phi) is 5.03. The van der Waals surface area contributed by atoms with Crippen molar-refractivity contribution in [1.82, 2.24) is 4.90 Å². The summed E-state index contributed by atoms with van der Waals surface area (Å²) in [5.74, 6) is -0.607. The minimum absolute atomic E-state index is 0.0203. The molecular weight excluding hydrogens is 343 g/mol. The molecule has 5 nitrogen and oxygen atoms in total. The molecule has 0 spiro atoms. The van der Waals surface area contributed by atoms with Crippen molar-refractivity contribution in [2.75, 3.05) is 17.8 Å². The lowest BCUT2D eigenvalue weighted by Crippen LogP contribution is -2.35. The second-order valence-corrected chi connectivity index (χ2v) is 7.68. The largest absolute Gasteiger partial charge is 0.339 e. The topological polar surface area (TPSA) is 66.5 Å². The smallest absolute Gasteiger partial charge is 0.261 e. The molecular formula is C18H19FN2O3S. The van der Waals surface area contributed by atoms with E-state index in [9.17, 15) is 17.6 Å². The summed E-state index contributed by atoms with van der Waals surface area (Å²) < 4.78 is 40.2. The summed E-state index contributed by atoms with van der Waals surface area (Å²) in [6, 6.07) is 11.0. The van der Waals surface area contributed by atoms with Crippen molar-refractivity contribution in [3.63, 3.8) is 0 Å². The number of amides is 1. The Labute approximate surface area is 146 Å². The van der Waals surface area contributed by atoms with Crippen molar-refractivity contribution >= 4 is 21.6 Å². The highest BCUT2D eigenvalue weighted by Crippen LogP contribution is 2.19. The predicted molar refractivity (Wildman–Crippen MR) is 93.4 cm³/mol. The number of halogens is 1. The molecule has 0 atom stereocenters. The fraction of sp³-hybridized carbons (Fsp3) is 0.278. The van der Waals surface area contributed by atoms with Crippen LogP contribution in [0.3, 0.4) is 0 Å². The van der Waals surface area contributed by atoms with E-state index in [0.29, 0.717) is 5.56 Å². The highest BCUT2D eigenvalue weighted by Gasteiger charge is 2.20. The van der Waals surface area contributed by atoms with Crippen molar-refractivity contribution in [2.45, 2.75) is 24.2 Å². The molecule has 0 radical (unpaired) electrons. The SMILES string of the molecule is O=C(c1ccc(S(=O)(=O)Nc2cccc(F)c2)cc1)N1CCCCC1. The lowest BCUT2D eigenvalue weighted by molar-refractivity contribution is 0.0724. The van der Waals surface area contributed by atoms with Gasteiger partial charge >= 0.3 is 0 Å². The van der Waals surface area contributed by atoms with Gasteiger partial charge in [-0.25, -0.2) is 12.8 Å². The van der Waals surface area contributed by atoms with Crippen LogP contribution >= 0.6 is 0 Å². The van der Waals surface area contributed by atoms with Crippen LogP contribution in [0.4, 0.5) is 10.1 Å². The Bertz CT molecular complexity index is 860. The Morgan fingerprint density at radius 2 is 1.68 bits per heavy atom. The first-order chi connectivity index (χ1) is 12.0. The number of piperidine rings is 1. The molecule has 1 saturated heterocycles. The van der Waals surface area contributed by atoms with Gasteiger partial charge < -0.3 is 4.90 Å². The van der Waals surface area contributed by atoms with Crippen LogP contribution in [0.15, 0.2) is 53.4 Å². The molecule has 1 N–H and O–H groups in total. The van der Waals surface area contributed by atoms with Gasteiger partial charge in [0.1, 0.15) is 5.82 Å². The maximum Gasteiger partial charge on any atom is 0.261 e. The van der Waals surface area contributed by atoms with Crippen LogP contribution in [0.25, 0.3) is 0 Å². The number of benzene rings is 2. The van der Waals surface area contributed by atoms with Gasteiger partial charge in [-0.2, -0.15) is 0 Å². The number of rotatable bonds is 4. The van der Waals surface area contributed by atoms with E-state index < -0.39 is 15.8 Å². The number of carbonyl (C=O) groups excluding carboxylic acids is 1. The zero-order valence-electron chi connectivity index (χ0n) is 13.6. The number of nitrogens with zero attached hydrogens (tertiary/aromatic N) is 1. The molecule has 0 aliphatic carbocycles. The zero-order valence-corrected chi connectivity index (χ0v) is 14.4. The average molecular weight is 362 g/mol. The summed E-state index contributed by atoms with van der Waals surface area (Å²) in [7, 11) is -3.84. The quantitative estimate of drug-likeness (QED) is 0.908. The summed E-state index contributed by atoms with van der Waals surface area (Å²) in [6.07, 6.45) is 3.12. The van der Waals surface area contributed by atoms with E-state index in [0.717, 1.165) is 38.4 Å². The van der Waals surface area contributed by atoms with E-state index >= 15 is 0 Å². The van der Waals surface area contributed by atoms with Crippen LogP contribution in [0.1, 0.15) is 29.6 Å². The monoisotopic (exact) mass is 362 g/mol. The molecule has 25 heavy (non-hydrogen) atoms. The van der Waals surface area contributed by atoms with E-state index in [-0.39, 0.29) is 16.5 Å². The Balaban J connectivity index is 1.75. The van der Waals surface area contributed by atoms with Crippen LogP contribution < -0.4 is 4.72 Å². The number of sulfonamides is 1. The van der Waals surface area contributed by atoms with Crippen LogP contribution in [-0.4, -0.2) is 32.3 Å². The third kappa shape index (κ3) is 4.17. The van der Waals surface area contributed by atoms with Crippen molar-refractivity contribution in [3.05, 3.63) is 59.9 Å². The Hall–Kier alpha value is -2.41. The molecule has 132 valence electrons. The van der Waals surface area contributed by atoms with Crippen molar-refractivity contribution < 1.29 is 17.6 Å². The zero-order chi connectivity index (χ0) is 17.9. The fourth-order valence-electron chi connectivity index (χ4n) is 2.82. The molecule has 1 aliphatic heterocycles. The lowest BCUT2D eigenvalue weighted by Gasteiger charge is -2.26. The predicted octanol–water partition coefficient (Wildman–Crippen LogP) is 3.25. The summed E-state index contributed by atoms with van der Waals surface area (Å²) in [6.45, 7) is 1.47. The molecule has 2 aromatic rings. The molecule has 3 rings (SSSR count). The highest BCUT2D eigenvalue weighted by molar-refractivity contribution is 7.92. The molecule has 1 amide bonds. The van der Waals surface area contributed by atoms with E-state index in [1.807, 2.05) is 0 Å². The van der Waals surface area contributed by atoms with E-state index in [4.69, 9.17) is 0 Å². The average Bonchev–Trinajstić information content (AvgIpc) is 2.61. The van der Waals surface area contributed by atoms with Gasteiger partial charge in [0.25, 0.3) is 15.9 Å². The molecule has 0 unspecified atom stereocenters. The minimum atomic E-state index is -3.84. The molecule has 1 fully saturated rings. The third-order valence-electron chi connectivity index (χ3n) is 4.13. The van der Waals surface area contributed by atoms with Gasteiger partial charge in [-0.05, 0) is 61.7 Å². The third-order valence-corrected chi connectivity index (χ3v) is 5.53. The van der Waals surface area contributed by atoms with Gasteiger partial charge in [-0.1, -0.05) is 6.07 Å². The molecule has 1 heterocycles. The first-order valence-corrected chi connectivity index (χ1v) is 9.62. The van der Waals surface area contributed by atoms with Crippen LogP contribution in [-0.2, 0) is 10.0 Å². The number of anilines is 1. The summed E-state index contributed by atoms with van der Waals surface area (Å²) >= 11 is 0. The van der Waals surface area contributed by atoms with Crippen molar-refractivity contribution in [3.8, 4) is 0 Å². The fourth-order valence-corrected chi connectivity index (χ4v) is 3.87. The van der Waals surface area contributed by atoms with E-state index in [1.54, 1.807) is 4.90 Å². The van der Waals surface area contributed by atoms with Gasteiger partial charge in [-0.15, -0.1) is 0 Å². The van der Waals surface area contributed by atoms with Crippen molar-refractivity contribution in [2.24, 2.45) is 0 Å². The maximum atomic E-state index is 13.2. The summed E-state index contributed by atoms with van der Waals surface area (Å²) in [4.78, 5) is 14.2. The van der Waals surface area contributed by atoms with Gasteiger partial charge in [0, 0.05) is 18.7 Å². The van der Waals surface area contributed by atoms with Crippen LogP contribution in [0, 0.1) is 5.82 Å².